The molecule has 1 aliphatic heterocycles. The molecular weight excluding hydrogens is 362 g/mol. The minimum atomic E-state index is 0.0870. The Bertz CT molecular complexity index is 944. The molecule has 0 spiro atoms. The summed E-state index contributed by atoms with van der Waals surface area (Å²) >= 11 is 0. The lowest BCUT2D eigenvalue weighted by Crippen LogP contribution is -2.32. The van der Waals surface area contributed by atoms with Gasteiger partial charge in [-0.3, -0.25) is 4.79 Å². The van der Waals surface area contributed by atoms with Gasteiger partial charge in [-0.2, -0.15) is 0 Å². The van der Waals surface area contributed by atoms with Crippen LogP contribution in [0.15, 0.2) is 54.7 Å². The first-order valence-corrected chi connectivity index (χ1v) is 10.6. The molecule has 1 fully saturated rings. The summed E-state index contributed by atoms with van der Waals surface area (Å²) in [4.78, 5) is 17.4. The van der Waals surface area contributed by atoms with Gasteiger partial charge < -0.3 is 19.9 Å². The second kappa shape index (κ2) is 9.61. The number of H-pyrrole nitrogens is 1. The number of rotatable bonds is 9. The first-order valence-electron chi connectivity index (χ1n) is 10.6. The Kier molecular flexibility index (Phi) is 6.47. The van der Waals surface area contributed by atoms with Crippen molar-refractivity contribution in [1.29, 1.82) is 0 Å². The summed E-state index contributed by atoms with van der Waals surface area (Å²) in [5.74, 6) is 0.883. The highest BCUT2D eigenvalue weighted by atomic mass is 16.5. The predicted molar refractivity (Wildman–Crippen MR) is 116 cm³/mol. The van der Waals surface area contributed by atoms with E-state index in [1.54, 1.807) is 0 Å². The van der Waals surface area contributed by atoms with Crippen molar-refractivity contribution in [2.75, 3.05) is 26.2 Å². The molecule has 152 valence electrons. The molecule has 2 heterocycles. The summed E-state index contributed by atoms with van der Waals surface area (Å²) in [7, 11) is 0. The van der Waals surface area contributed by atoms with E-state index in [-0.39, 0.29) is 12.5 Å². The number of ether oxygens (including phenoxy) is 1. The van der Waals surface area contributed by atoms with Gasteiger partial charge in [0.25, 0.3) is 5.91 Å². The van der Waals surface area contributed by atoms with E-state index in [2.05, 4.69) is 46.8 Å². The van der Waals surface area contributed by atoms with Crippen molar-refractivity contribution in [2.45, 2.75) is 32.2 Å². The molecule has 5 heteroatoms. The lowest BCUT2D eigenvalue weighted by Gasteiger charge is -2.17. The number of benzene rings is 2. The normalized spacial score (nSPS) is 13.9. The SMILES string of the molecule is O=C(COc1ccccc1CNCCCc1c[nH]c2ccccc12)N1CCCC1. The van der Waals surface area contributed by atoms with Gasteiger partial charge in [0.1, 0.15) is 5.75 Å². The van der Waals surface area contributed by atoms with Crippen LogP contribution in [0, 0.1) is 0 Å². The van der Waals surface area contributed by atoms with Crippen LogP contribution in [0.1, 0.15) is 30.4 Å². The molecule has 1 saturated heterocycles. The number of amides is 1. The van der Waals surface area contributed by atoms with Crippen LogP contribution in [0.4, 0.5) is 0 Å². The summed E-state index contributed by atoms with van der Waals surface area (Å²) in [6.07, 6.45) is 6.43. The van der Waals surface area contributed by atoms with E-state index in [0.29, 0.717) is 0 Å². The van der Waals surface area contributed by atoms with Crippen molar-refractivity contribution >= 4 is 16.8 Å². The number of carbonyl (C=O) groups is 1. The first-order chi connectivity index (χ1) is 14.3. The Morgan fingerprint density at radius 2 is 1.83 bits per heavy atom. The van der Waals surface area contributed by atoms with Crippen molar-refractivity contribution < 1.29 is 9.53 Å². The smallest absolute Gasteiger partial charge is 0.260 e. The number of fused-ring (bicyclic) bond motifs is 1. The van der Waals surface area contributed by atoms with Gasteiger partial charge in [-0.1, -0.05) is 36.4 Å². The third-order valence-electron chi connectivity index (χ3n) is 5.57. The van der Waals surface area contributed by atoms with E-state index in [1.165, 1.54) is 16.5 Å². The van der Waals surface area contributed by atoms with Gasteiger partial charge in [-0.25, -0.2) is 0 Å². The molecule has 2 aromatic carbocycles. The Balaban J connectivity index is 1.23. The van der Waals surface area contributed by atoms with Gasteiger partial charge in [0.2, 0.25) is 0 Å². The third kappa shape index (κ3) is 4.98. The van der Waals surface area contributed by atoms with Crippen molar-refractivity contribution in [3.05, 3.63) is 65.9 Å². The lowest BCUT2D eigenvalue weighted by atomic mass is 10.1. The van der Waals surface area contributed by atoms with Crippen molar-refractivity contribution in [2.24, 2.45) is 0 Å². The van der Waals surface area contributed by atoms with Crippen molar-refractivity contribution in [3.63, 3.8) is 0 Å². The number of aromatic amines is 1. The van der Waals surface area contributed by atoms with Crippen LogP contribution >= 0.6 is 0 Å². The number of hydrogen-bond acceptors (Lipinski definition) is 3. The highest BCUT2D eigenvalue weighted by Crippen LogP contribution is 2.20. The van der Waals surface area contributed by atoms with Crippen molar-refractivity contribution in [1.82, 2.24) is 15.2 Å². The minimum absolute atomic E-state index is 0.0870. The maximum absolute atomic E-state index is 12.2. The number of aromatic nitrogens is 1. The number of carbonyl (C=O) groups excluding carboxylic acids is 1. The second-order valence-corrected chi connectivity index (χ2v) is 7.62. The molecule has 29 heavy (non-hydrogen) atoms. The maximum Gasteiger partial charge on any atom is 0.260 e. The summed E-state index contributed by atoms with van der Waals surface area (Å²) in [6.45, 7) is 3.52. The summed E-state index contributed by atoms with van der Waals surface area (Å²) in [5.41, 5.74) is 3.66. The average Bonchev–Trinajstić information content (AvgIpc) is 3.43. The first kappa shape index (κ1) is 19.5. The van der Waals surface area contributed by atoms with Gasteiger partial charge in [-0.15, -0.1) is 0 Å². The molecule has 1 aromatic heterocycles. The molecule has 4 rings (SSSR count). The molecule has 0 bridgehead atoms. The monoisotopic (exact) mass is 391 g/mol. The standard InChI is InChI=1S/C24H29N3O2/c28-24(27-14-5-6-15-27)18-29-23-12-4-1-8-20(23)16-25-13-7-9-19-17-26-22-11-3-2-10-21(19)22/h1-4,8,10-12,17,25-26H,5-7,9,13-16,18H2. The molecule has 1 aliphatic rings. The minimum Gasteiger partial charge on any atom is -0.483 e. The highest BCUT2D eigenvalue weighted by Gasteiger charge is 2.18. The lowest BCUT2D eigenvalue weighted by molar-refractivity contribution is -0.132. The van der Waals surface area contributed by atoms with E-state index in [4.69, 9.17) is 4.74 Å². The largest absolute Gasteiger partial charge is 0.483 e. The fourth-order valence-corrected chi connectivity index (χ4v) is 3.95. The Morgan fingerprint density at radius 3 is 2.72 bits per heavy atom. The van der Waals surface area contributed by atoms with Crippen LogP contribution in [0.5, 0.6) is 5.75 Å². The quantitative estimate of drug-likeness (QED) is 0.544. The Morgan fingerprint density at radius 1 is 1.03 bits per heavy atom. The molecule has 5 nitrogen and oxygen atoms in total. The zero-order valence-corrected chi connectivity index (χ0v) is 16.8. The van der Waals surface area contributed by atoms with Crippen LogP contribution in [-0.2, 0) is 17.8 Å². The summed E-state index contributed by atoms with van der Waals surface area (Å²) in [6, 6.07) is 16.4. The molecule has 0 radical (unpaired) electrons. The third-order valence-corrected chi connectivity index (χ3v) is 5.57. The van der Waals surface area contributed by atoms with Crippen LogP contribution in [0.25, 0.3) is 10.9 Å². The Labute approximate surface area is 172 Å². The maximum atomic E-state index is 12.2. The zero-order chi connectivity index (χ0) is 19.9. The molecule has 3 aromatic rings. The molecule has 0 aliphatic carbocycles. The van der Waals surface area contributed by atoms with E-state index in [0.717, 1.165) is 63.2 Å². The van der Waals surface area contributed by atoms with Crippen LogP contribution < -0.4 is 10.1 Å². The molecular formula is C24H29N3O2. The molecule has 2 N–H and O–H groups in total. The van der Waals surface area contributed by atoms with Gasteiger partial charge in [0.05, 0.1) is 0 Å². The fourth-order valence-electron chi connectivity index (χ4n) is 3.95. The molecule has 0 atom stereocenters. The van der Waals surface area contributed by atoms with E-state index < -0.39 is 0 Å². The number of nitrogens with one attached hydrogen (secondary N) is 2. The molecule has 0 saturated carbocycles. The number of hydrogen-bond donors (Lipinski definition) is 2. The average molecular weight is 392 g/mol. The van der Waals surface area contributed by atoms with Crippen LogP contribution in [0.3, 0.4) is 0 Å². The molecule has 1 amide bonds. The van der Waals surface area contributed by atoms with Gasteiger partial charge in [0, 0.05) is 42.3 Å². The number of para-hydroxylation sites is 2. The van der Waals surface area contributed by atoms with Crippen LogP contribution in [-0.4, -0.2) is 42.0 Å². The summed E-state index contributed by atoms with van der Waals surface area (Å²) < 4.78 is 5.84. The van der Waals surface area contributed by atoms with E-state index in [9.17, 15) is 4.79 Å². The predicted octanol–water partition coefficient (Wildman–Crippen LogP) is 3.89. The zero-order valence-electron chi connectivity index (χ0n) is 16.8. The molecule has 0 unspecified atom stereocenters. The van der Waals surface area contributed by atoms with E-state index in [1.807, 2.05) is 23.1 Å². The van der Waals surface area contributed by atoms with Gasteiger partial charge >= 0.3 is 0 Å². The summed E-state index contributed by atoms with van der Waals surface area (Å²) in [5, 5.41) is 4.82. The fraction of sp³-hybridized carbons (Fsp3) is 0.375. The topological polar surface area (TPSA) is 57.4 Å². The van der Waals surface area contributed by atoms with Crippen molar-refractivity contribution in [3.8, 4) is 5.75 Å². The van der Waals surface area contributed by atoms with Crippen LogP contribution in [0.2, 0.25) is 0 Å². The van der Waals surface area contributed by atoms with Gasteiger partial charge in [0.15, 0.2) is 6.61 Å². The number of aryl methyl sites for hydroxylation is 1. The van der Waals surface area contributed by atoms with Gasteiger partial charge in [-0.05, 0) is 49.9 Å². The number of nitrogens with zero attached hydrogens (tertiary/aromatic N) is 1. The Hall–Kier alpha value is -2.79. The highest BCUT2D eigenvalue weighted by molar-refractivity contribution is 5.83. The number of likely N-dealkylation sites (tertiary alicyclic amines) is 1. The van der Waals surface area contributed by atoms with E-state index >= 15 is 0 Å². The second-order valence-electron chi connectivity index (χ2n) is 7.62.